The molecule has 10 heavy (non-hydrogen) atoms. The van der Waals surface area contributed by atoms with Crippen LogP contribution in [0.1, 0.15) is 26.2 Å². The molecule has 1 rings (SSSR count). The molecule has 60 valence electrons. The molecule has 1 fully saturated rings. The molecular formula is C8H17NO. The lowest BCUT2D eigenvalue weighted by molar-refractivity contribution is 0.0874. The summed E-state index contributed by atoms with van der Waals surface area (Å²) >= 11 is 0. The van der Waals surface area contributed by atoms with Crippen LogP contribution in [0.5, 0.6) is 0 Å². The van der Waals surface area contributed by atoms with E-state index in [4.69, 9.17) is 5.11 Å². The monoisotopic (exact) mass is 143 g/mol. The van der Waals surface area contributed by atoms with Gasteiger partial charge in [0.2, 0.25) is 0 Å². The minimum atomic E-state index is -0.175. The van der Waals surface area contributed by atoms with Crippen molar-refractivity contribution < 1.29 is 5.11 Å². The molecule has 0 amide bonds. The summed E-state index contributed by atoms with van der Waals surface area (Å²) in [7, 11) is 2.09. The van der Waals surface area contributed by atoms with E-state index < -0.39 is 0 Å². The summed E-state index contributed by atoms with van der Waals surface area (Å²) < 4.78 is 0. The van der Waals surface area contributed by atoms with Gasteiger partial charge in [0.15, 0.2) is 0 Å². The molecule has 2 nitrogen and oxygen atoms in total. The molecule has 1 unspecified atom stereocenters. The van der Waals surface area contributed by atoms with Gasteiger partial charge in [0.25, 0.3) is 0 Å². The number of aliphatic hydroxyl groups is 1. The van der Waals surface area contributed by atoms with Crippen molar-refractivity contribution in [1.82, 2.24) is 4.90 Å². The maximum absolute atomic E-state index is 9.05. The molecule has 0 aliphatic heterocycles. The first kappa shape index (κ1) is 8.02. The SMILES string of the molecule is CC(O)CN(C)C1CCC1. The van der Waals surface area contributed by atoms with Crippen LogP contribution in [-0.4, -0.2) is 35.7 Å². The second-order valence-electron chi connectivity index (χ2n) is 3.37. The Morgan fingerprint density at radius 2 is 2.20 bits per heavy atom. The Kier molecular flexibility index (Phi) is 2.69. The highest BCUT2D eigenvalue weighted by Gasteiger charge is 2.22. The highest BCUT2D eigenvalue weighted by atomic mass is 16.3. The molecule has 1 atom stereocenters. The van der Waals surface area contributed by atoms with Gasteiger partial charge in [0.05, 0.1) is 6.10 Å². The summed E-state index contributed by atoms with van der Waals surface area (Å²) in [6.07, 6.45) is 3.84. The highest BCUT2D eigenvalue weighted by molar-refractivity contribution is 4.78. The lowest BCUT2D eigenvalue weighted by atomic mass is 9.92. The molecule has 2 heteroatoms. The zero-order chi connectivity index (χ0) is 7.56. The van der Waals surface area contributed by atoms with Crippen molar-refractivity contribution in [3.63, 3.8) is 0 Å². The van der Waals surface area contributed by atoms with Gasteiger partial charge in [0, 0.05) is 12.6 Å². The molecule has 1 aliphatic rings. The Morgan fingerprint density at radius 1 is 1.60 bits per heavy atom. The fourth-order valence-electron chi connectivity index (χ4n) is 1.39. The molecule has 0 spiro atoms. The Hall–Kier alpha value is -0.0800. The standard InChI is InChI=1S/C8H17NO/c1-7(10)6-9(2)8-4-3-5-8/h7-8,10H,3-6H2,1-2H3. The van der Waals surface area contributed by atoms with E-state index in [0.29, 0.717) is 0 Å². The van der Waals surface area contributed by atoms with Gasteiger partial charge in [-0.2, -0.15) is 0 Å². The topological polar surface area (TPSA) is 23.5 Å². The second-order valence-corrected chi connectivity index (χ2v) is 3.37. The Bertz CT molecular complexity index is 99.4. The average Bonchev–Trinajstić information content (AvgIpc) is 1.55. The van der Waals surface area contributed by atoms with Crippen molar-refractivity contribution in [2.75, 3.05) is 13.6 Å². The van der Waals surface area contributed by atoms with Crippen LogP contribution in [-0.2, 0) is 0 Å². The van der Waals surface area contributed by atoms with Crippen molar-refractivity contribution in [1.29, 1.82) is 0 Å². The number of hydrogen-bond acceptors (Lipinski definition) is 2. The molecule has 0 saturated heterocycles. The van der Waals surface area contributed by atoms with Gasteiger partial charge in [-0.3, -0.25) is 0 Å². The minimum absolute atomic E-state index is 0.175. The molecule has 0 aromatic carbocycles. The molecule has 1 saturated carbocycles. The van der Waals surface area contributed by atoms with Gasteiger partial charge >= 0.3 is 0 Å². The third-order valence-corrected chi connectivity index (χ3v) is 2.25. The number of nitrogens with zero attached hydrogens (tertiary/aromatic N) is 1. The number of rotatable bonds is 3. The van der Waals surface area contributed by atoms with E-state index in [1.807, 2.05) is 6.92 Å². The fraction of sp³-hybridized carbons (Fsp3) is 1.00. The summed E-state index contributed by atoms with van der Waals surface area (Å²) in [4.78, 5) is 2.26. The van der Waals surface area contributed by atoms with Gasteiger partial charge < -0.3 is 10.0 Å². The fourth-order valence-corrected chi connectivity index (χ4v) is 1.39. The van der Waals surface area contributed by atoms with Crippen molar-refractivity contribution >= 4 is 0 Å². The molecule has 1 N–H and O–H groups in total. The van der Waals surface area contributed by atoms with Crippen molar-refractivity contribution in [3.8, 4) is 0 Å². The molecule has 1 aliphatic carbocycles. The average molecular weight is 143 g/mol. The van der Waals surface area contributed by atoms with Crippen LogP contribution in [0.25, 0.3) is 0 Å². The van der Waals surface area contributed by atoms with Crippen molar-refractivity contribution in [3.05, 3.63) is 0 Å². The number of aliphatic hydroxyl groups excluding tert-OH is 1. The first-order chi connectivity index (χ1) is 4.70. The zero-order valence-corrected chi connectivity index (χ0v) is 6.88. The largest absolute Gasteiger partial charge is 0.392 e. The van der Waals surface area contributed by atoms with Gasteiger partial charge in [-0.15, -0.1) is 0 Å². The Labute approximate surface area is 62.8 Å². The van der Waals surface area contributed by atoms with Gasteiger partial charge in [-0.05, 0) is 26.8 Å². The minimum Gasteiger partial charge on any atom is -0.392 e. The van der Waals surface area contributed by atoms with Crippen LogP contribution in [0.2, 0.25) is 0 Å². The predicted molar refractivity (Wildman–Crippen MR) is 41.9 cm³/mol. The molecule has 0 heterocycles. The molecule has 0 aromatic heterocycles. The van der Waals surface area contributed by atoms with Gasteiger partial charge in [-0.25, -0.2) is 0 Å². The summed E-state index contributed by atoms with van der Waals surface area (Å²) in [5.74, 6) is 0. The van der Waals surface area contributed by atoms with E-state index >= 15 is 0 Å². The van der Waals surface area contributed by atoms with E-state index in [1.165, 1.54) is 19.3 Å². The molecular weight excluding hydrogens is 126 g/mol. The summed E-state index contributed by atoms with van der Waals surface area (Å²) in [6.45, 7) is 2.67. The zero-order valence-electron chi connectivity index (χ0n) is 6.88. The first-order valence-electron chi connectivity index (χ1n) is 4.08. The summed E-state index contributed by atoms with van der Waals surface area (Å²) in [5, 5.41) is 9.05. The maximum Gasteiger partial charge on any atom is 0.0639 e. The molecule has 0 radical (unpaired) electrons. The Balaban J connectivity index is 2.13. The van der Waals surface area contributed by atoms with E-state index in [9.17, 15) is 0 Å². The third kappa shape index (κ3) is 1.96. The smallest absolute Gasteiger partial charge is 0.0639 e. The normalized spacial score (nSPS) is 22.8. The van der Waals surface area contributed by atoms with Crippen LogP contribution in [0.4, 0.5) is 0 Å². The summed E-state index contributed by atoms with van der Waals surface area (Å²) in [6, 6.07) is 0.759. The van der Waals surface area contributed by atoms with Crippen LogP contribution >= 0.6 is 0 Å². The van der Waals surface area contributed by atoms with Crippen molar-refractivity contribution in [2.24, 2.45) is 0 Å². The van der Waals surface area contributed by atoms with Crippen LogP contribution in [0, 0.1) is 0 Å². The van der Waals surface area contributed by atoms with Gasteiger partial charge in [-0.1, -0.05) is 6.42 Å². The molecule has 0 aromatic rings. The lowest BCUT2D eigenvalue weighted by Crippen LogP contribution is -2.40. The van der Waals surface area contributed by atoms with E-state index in [1.54, 1.807) is 0 Å². The Morgan fingerprint density at radius 3 is 2.50 bits per heavy atom. The quantitative estimate of drug-likeness (QED) is 0.633. The second kappa shape index (κ2) is 3.35. The van der Waals surface area contributed by atoms with Crippen molar-refractivity contribution in [2.45, 2.75) is 38.3 Å². The third-order valence-electron chi connectivity index (χ3n) is 2.25. The van der Waals surface area contributed by atoms with Crippen LogP contribution in [0.3, 0.4) is 0 Å². The predicted octanol–water partition coefficient (Wildman–Crippen LogP) is 0.851. The van der Waals surface area contributed by atoms with Crippen LogP contribution in [0.15, 0.2) is 0 Å². The first-order valence-corrected chi connectivity index (χ1v) is 4.08. The lowest BCUT2D eigenvalue weighted by Gasteiger charge is -2.35. The van der Waals surface area contributed by atoms with Gasteiger partial charge in [0.1, 0.15) is 0 Å². The number of hydrogen-bond donors (Lipinski definition) is 1. The van der Waals surface area contributed by atoms with E-state index in [2.05, 4.69) is 11.9 Å². The molecule has 0 bridgehead atoms. The van der Waals surface area contributed by atoms with E-state index in [0.717, 1.165) is 12.6 Å². The highest BCUT2D eigenvalue weighted by Crippen LogP contribution is 2.23. The van der Waals surface area contributed by atoms with E-state index in [-0.39, 0.29) is 6.10 Å². The number of likely N-dealkylation sites (N-methyl/N-ethyl adjacent to an activating group) is 1. The van der Waals surface area contributed by atoms with Crippen LogP contribution < -0.4 is 0 Å². The summed E-state index contributed by atoms with van der Waals surface area (Å²) in [5.41, 5.74) is 0. The maximum atomic E-state index is 9.05.